The van der Waals surface area contributed by atoms with Gasteiger partial charge in [0.1, 0.15) is 6.04 Å². The minimum atomic E-state index is -0.384. The summed E-state index contributed by atoms with van der Waals surface area (Å²) in [7, 11) is 8.90. The number of hydrogen-bond acceptors (Lipinski definition) is 6. The smallest absolute Gasteiger partial charge is 0.330 e. The monoisotopic (exact) mass is 470 g/mol. The highest BCUT2D eigenvalue weighted by molar-refractivity contribution is 5.81. The molecule has 1 heterocycles. The Bertz CT molecular complexity index is 1020. The minimum absolute atomic E-state index is 0.178. The molecular weight excluding hydrogens is 434 g/mol. The molecule has 2 aromatic carbocycles. The molecule has 0 N–H and O–H groups in total. The molecule has 2 aromatic rings. The zero-order valence-corrected chi connectivity index (χ0v) is 20.9. The van der Waals surface area contributed by atoms with Gasteiger partial charge in [-0.25, -0.2) is 4.79 Å². The maximum atomic E-state index is 11.5. The van der Waals surface area contributed by atoms with Gasteiger partial charge in [0.25, 0.3) is 0 Å². The van der Waals surface area contributed by atoms with Gasteiger partial charge in [0.2, 0.25) is 0 Å². The predicted molar refractivity (Wildman–Crippen MR) is 131 cm³/mol. The van der Waals surface area contributed by atoms with Gasteiger partial charge < -0.3 is 28.2 Å². The number of likely N-dealkylation sites (N-methyl/N-ethyl adjacent to an activating group) is 1. The van der Waals surface area contributed by atoms with Crippen LogP contribution in [0.25, 0.3) is 0 Å². The highest BCUT2D eigenvalue weighted by Crippen LogP contribution is 2.43. The molecule has 0 unspecified atom stereocenters. The first-order valence-electron chi connectivity index (χ1n) is 11.5. The van der Waals surface area contributed by atoms with E-state index in [0.29, 0.717) is 18.1 Å². The molecule has 1 aliphatic rings. The number of esters is 1. The number of benzene rings is 2. The summed E-state index contributed by atoms with van der Waals surface area (Å²) in [6.07, 6.45) is 3.71. The zero-order chi connectivity index (χ0) is 24.7. The highest BCUT2D eigenvalue weighted by Gasteiger charge is 2.39. The summed E-state index contributed by atoms with van der Waals surface area (Å²) >= 11 is 0. The lowest BCUT2D eigenvalue weighted by molar-refractivity contribution is -0.941. The van der Waals surface area contributed by atoms with Gasteiger partial charge in [-0.3, -0.25) is 0 Å². The predicted octanol–water partition coefficient (Wildman–Crippen LogP) is 4.13. The van der Waals surface area contributed by atoms with E-state index in [0.717, 1.165) is 53.9 Å². The minimum Gasteiger partial charge on any atom is -0.493 e. The van der Waals surface area contributed by atoms with Crippen LogP contribution in [0, 0.1) is 0 Å². The standard InChI is InChI=1S/C27H36NO6/c1-7-27(29)34-14-8-12-28(2)13-11-20-17-25(32-5)26(33-6)18-21(20)22(28)15-19-9-10-23(30-3)24(16-19)31-4/h7,9-10,16-18,22H,1,8,11-15H2,2-6H3/q+1/t22-,28-/m1/s1. The van der Waals surface area contributed by atoms with E-state index in [1.807, 2.05) is 12.1 Å². The van der Waals surface area contributed by atoms with Gasteiger partial charge in [-0.1, -0.05) is 12.6 Å². The van der Waals surface area contributed by atoms with Crippen LogP contribution < -0.4 is 18.9 Å². The van der Waals surface area contributed by atoms with E-state index in [9.17, 15) is 4.79 Å². The molecular formula is C27H36NO6+. The lowest BCUT2D eigenvalue weighted by Gasteiger charge is -2.46. The summed E-state index contributed by atoms with van der Waals surface area (Å²) < 4.78 is 28.2. The number of carbonyl (C=O) groups excluding carboxylic acids is 1. The molecule has 7 nitrogen and oxygen atoms in total. The average Bonchev–Trinajstić information content (AvgIpc) is 2.87. The summed E-state index contributed by atoms with van der Waals surface area (Å²) in [5.74, 6) is 2.52. The van der Waals surface area contributed by atoms with E-state index < -0.39 is 0 Å². The van der Waals surface area contributed by atoms with E-state index in [2.05, 4.69) is 31.8 Å². The summed E-state index contributed by atoms with van der Waals surface area (Å²) in [6, 6.07) is 10.5. The summed E-state index contributed by atoms with van der Waals surface area (Å²) in [5.41, 5.74) is 3.69. The fourth-order valence-corrected chi connectivity index (χ4v) is 4.82. The number of rotatable bonds is 11. The van der Waals surface area contributed by atoms with Crippen molar-refractivity contribution < 1.29 is 33.0 Å². The van der Waals surface area contributed by atoms with E-state index in [1.165, 1.54) is 17.2 Å². The largest absolute Gasteiger partial charge is 0.493 e. The quantitative estimate of drug-likeness (QED) is 0.213. The average molecular weight is 471 g/mol. The zero-order valence-electron chi connectivity index (χ0n) is 20.9. The van der Waals surface area contributed by atoms with Gasteiger partial charge in [-0.2, -0.15) is 0 Å². The number of fused-ring (bicyclic) bond motifs is 1. The van der Waals surface area contributed by atoms with Crippen LogP contribution in [0.2, 0.25) is 0 Å². The van der Waals surface area contributed by atoms with Crippen LogP contribution in [0.15, 0.2) is 43.0 Å². The second-order valence-electron chi connectivity index (χ2n) is 8.72. The molecule has 0 spiro atoms. The number of methoxy groups -OCH3 is 4. The van der Waals surface area contributed by atoms with Crippen molar-refractivity contribution in [3.63, 3.8) is 0 Å². The Balaban J connectivity index is 1.96. The fraction of sp³-hybridized carbons (Fsp3) is 0.444. The van der Waals surface area contributed by atoms with Crippen molar-refractivity contribution >= 4 is 5.97 Å². The third kappa shape index (κ3) is 5.47. The summed E-state index contributed by atoms with van der Waals surface area (Å²) in [5, 5.41) is 0. The first kappa shape index (κ1) is 25.4. The molecule has 0 fully saturated rings. The Morgan fingerprint density at radius 1 is 1.00 bits per heavy atom. The van der Waals surface area contributed by atoms with Crippen molar-refractivity contribution in [2.24, 2.45) is 0 Å². The Kier molecular flexibility index (Phi) is 8.45. The SMILES string of the molecule is C=CC(=O)OCCC[N@+]1(C)CCc2cc(OC)c(OC)cc2[C@H]1Cc1ccc(OC)c(OC)c1. The summed E-state index contributed by atoms with van der Waals surface area (Å²) in [6.45, 7) is 5.68. The van der Waals surface area contributed by atoms with E-state index >= 15 is 0 Å². The number of carbonyl (C=O) groups is 1. The topological polar surface area (TPSA) is 63.2 Å². The summed E-state index contributed by atoms with van der Waals surface area (Å²) in [4.78, 5) is 11.5. The first-order valence-corrected chi connectivity index (χ1v) is 11.5. The van der Waals surface area contributed by atoms with Crippen molar-refractivity contribution in [2.75, 3.05) is 55.2 Å². The molecule has 7 heteroatoms. The van der Waals surface area contributed by atoms with Crippen LogP contribution in [0.3, 0.4) is 0 Å². The van der Waals surface area contributed by atoms with Gasteiger partial charge in [-0.05, 0) is 35.4 Å². The highest BCUT2D eigenvalue weighted by atomic mass is 16.5. The molecule has 1 aliphatic heterocycles. The van der Waals surface area contributed by atoms with Crippen LogP contribution in [0.1, 0.15) is 29.2 Å². The van der Waals surface area contributed by atoms with Crippen molar-refractivity contribution in [3.05, 3.63) is 59.7 Å². The number of nitrogens with zero attached hydrogens (tertiary/aromatic N) is 1. The van der Waals surface area contributed by atoms with Gasteiger partial charge >= 0.3 is 5.97 Å². The lowest BCUT2D eigenvalue weighted by Crippen LogP contribution is -2.52. The molecule has 184 valence electrons. The van der Waals surface area contributed by atoms with Crippen LogP contribution in [-0.2, 0) is 22.4 Å². The number of ether oxygens (including phenoxy) is 5. The van der Waals surface area contributed by atoms with E-state index in [-0.39, 0.29) is 12.0 Å². The third-order valence-corrected chi connectivity index (χ3v) is 6.75. The molecule has 0 saturated heterocycles. The van der Waals surface area contributed by atoms with Crippen molar-refractivity contribution in [1.82, 2.24) is 0 Å². The second kappa shape index (κ2) is 11.3. The molecule has 0 radical (unpaired) electrons. The molecule has 0 bridgehead atoms. The van der Waals surface area contributed by atoms with Crippen molar-refractivity contribution in [1.29, 1.82) is 0 Å². The van der Waals surface area contributed by atoms with Crippen LogP contribution in [0.4, 0.5) is 0 Å². The normalized spacial score (nSPS) is 19.0. The maximum Gasteiger partial charge on any atom is 0.330 e. The molecule has 0 saturated carbocycles. The second-order valence-corrected chi connectivity index (χ2v) is 8.72. The van der Waals surface area contributed by atoms with Crippen molar-refractivity contribution in [3.8, 4) is 23.0 Å². The Morgan fingerprint density at radius 2 is 1.65 bits per heavy atom. The molecule has 2 atom stereocenters. The molecule has 0 aliphatic carbocycles. The third-order valence-electron chi connectivity index (χ3n) is 6.75. The van der Waals surface area contributed by atoms with Crippen LogP contribution in [0.5, 0.6) is 23.0 Å². The molecule has 34 heavy (non-hydrogen) atoms. The lowest BCUT2D eigenvalue weighted by atomic mass is 9.86. The van der Waals surface area contributed by atoms with Gasteiger partial charge in [-0.15, -0.1) is 0 Å². The van der Waals surface area contributed by atoms with Gasteiger partial charge in [0.05, 0.1) is 55.2 Å². The van der Waals surface area contributed by atoms with Gasteiger partial charge in [0, 0.05) is 30.9 Å². The fourth-order valence-electron chi connectivity index (χ4n) is 4.82. The number of hydrogen-bond donors (Lipinski definition) is 0. The molecule has 0 amide bonds. The first-order chi connectivity index (χ1) is 16.4. The Labute approximate surface area is 202 Å². The van der Waals surface area contributed by atoms with Crippen LogP contribution >= 0.6 is 0 Å². The van der Waals surface area contributed by atoms with Crippen molar-refractivity contribution in [2.45, 2.75) is 25.3 Å². The van der Waals surface area contributed by atoms with Crippen LogP contribution in [-0.4, -0.2) is 65.6 Å². The Hall–Kier alpha value is -3.19. The molecule has 3 rings (SSSR count). The van der Waals surface area contributed by atoms with E-state index in [1.54, 1.807) is 28.4 Å². The Morgan fingerprint density at radius 3 is 2.29 bits per heavy atom. The number of quaternary nitrogens is 1. The van der Waals surface area contributed by atoms with E-state index in [4.69, 9.17) is 23.7 Å². The van der Waals surface area contributed by atoms with Gasteiger partial charge in [0.15, 0.2) is 23.0 Å². The molecule has 0 aromatic heterocycles. The maximum absolute atomic E-state index is 11.5.